The molecule has 0 spiro atoms. The van der Waals surface area contributed by atoms with E-state index in [2.05, 4.69) is 46.4 Å². The summed E-state index contributed by atoms with van der Waals surface area (Å²) in [7, 11) is 0. The van der Waals surface area contributed by atoms with Crippen molar-refractivity contribution in [1.82, 2.24) is 0 Å². The first-order valence-electron chi connectivity index (χ1n) is 13.7. The Morgan fingerprint density at radius 2 is 0.791 bits per heavy atom. The van der Waals surface area contributed by atoms with Crippen molar-refractivity contribution in [2.24, 2.45) is 9.98 Å². The Morgan fingerprint density at radius 1 is 0.395 bits per heavy atom. The third kappa shape index (κ3) is 6.06. The van der Waals surface area contributed by atoms with E-state index < -0.39 is 0 Å². The summed E-state index contributed by atoms with van der Waals surface area (Å²) in [4.78, 5) is 32.4. The van der Waals surface area contributed by atoms with Gasteiger partial charge in [-0.05, 0) is 69.8 Å². The highest BCUT2D eigenvalue weighted by atomic mass is 32.2. The van der Waals surface area contributed by atoms with Crippen LogP contribution in [0.3, 0.4) is 0 Å². The van der Waals surface area contributed by atoms with Gasteiger partial charge in [0.2, 0.25) is 12.2 Å². The van der Waals surface area contributed by atoms with Crippen LogP contribution in [0.2, 0.25) is 0 Å². The van der Waals surface area contributed by atoms with E-state index in [1.54, 1.807) is 23.9 Å². The second-order valence-electron chi connectivity index (χ2n) is 9.70. The van der Waals surface area contributed by atoms with Gasteiger partial charge in [-0.1, -0.05) is 121 Å². The summed E-state index contributed by atoms with van der Waals surface area (Å²) in [6, 6.07) is 48.3. The highest BCUT2D eigenvalue weighted by Gasteiger charge is 2.15. The third-order valence-electron chi connectivity index (χ3n) is 7.11. The maximum Gasteiger partial charge on any atom is 0.240 e. The molecule has 0 fully saturated rings. The highest BCUT2D eigenvalue weighted by Crippen LogP contribution is 2.43. The topological polar surface area (TPSA) is 58.9 Å². The molecule has 0 saturated carbocycles. The van der Waals surface area contributed by atoms with E-state index in [9.17, 15) is 9.59 Å². The van der Waals surface area contributed by atoms with E-state index in [1.165, 1.54) is 0 Å². The Labute approximate surface area is 254 Å². The zero-order valence-electron chi connectivity index (χ0n) is 23.0. The molecule has 4 nitrogen and oxygen atoms in total. The molecule has 43 heavy (non-hydrogen) atoms. The predicted molar refractivity (Wildman–Crippen MR) is 174 cm³/mol. The lowest BCUT2D eigenvalue weighted by molar-refractivity contribution is 0.564. The molecule has 0 aliphatic carbocycles. The molecule has 204 valence electrons. The summed E-state index contributed by atoms with van der Waals surface area (Å²) in [5.74, 6) is 0. The summed E-state index contributed by atoms with van der Waals surface area (Å²) >= 11 is 1.69. The normalized spacial score (nSPS) is 10.4. The van der Waals surface area contributed by atoms with E-state index in [0.717, 1.165) is 54.3 Å². The number of hydrogen-bond donors (Lipinski definition) is 0. The number of isocyanates is 2. The van der Waals surface area contributed by atoms with Crippen molar-refractivity contribution < 1.29 is 9.59 Å². The van der Waals surface area contributed by atoms with Crippen molar-refractivity contribution >= 4 is 35.3 Å². The van der Waals surface area contributed by atoms with Gasteiger partial charge in [-0.15, -0.1) is 0 Å². The van der Waals surface area contributed by atoms with Crippen LogP contribution in [0.25, 0.3) is 44.5 Å². The summed E-state index contributed by atoms with van der Waals surface area (Å²) < 4.78 is 0. The van der Waals surface area contributed by atoms with Gasteiger partial charge in [0.05, 0.1) is 11.4 Å². The summed E-state index contributed by atoms with van der Waals surface area (Å²) in [5.41, 5.74) is 9.04. The van der Waals surface area contributed by atoms with Crippen LogP contribution in [0.15, 0.2) is 165 Å². The van der Waals surface area contributed by atoms with Crippen molar-refractivity contribution in [1.29, 1.82) is 0 Å². The van der Waals surface area contributed by atoms with Crippen molar-refractivity contribution in [3.63, 3.8) is 0 Å². The van der Waals surface area contributed by atoms with Crippen molar-refractivity contribution in [3.8, 4) is 44.5 Å². The molecule has 0 unspecified atom stereocenters. The molecular formula is C38H24N2O2S. The molecular weight excluding hydrogens is 548 g/mol. The second kappa shape index (κ2) is 12.9. The van der Waals surface area contributed by atoms with Gasteiger partial charge in [-0.3, -0.25) is 0 Å². The highest BCUT2D eigenvalue weighted by molar-refractivity contribution is 7.99. The van der Waals surface area contributed by atoms with Crippen molar-refractivity contribution in [3.05, 3.63) is 146 Å². The maximum absolute atomic E-state index is 11.2. The predicted octanol–water partition coefficient (Wildman–Crippen LogP) is 10.4. The number of rotatable bonds is 8. The first-order valence-corrected chi connectivity index (χ1v) is 14.5. The Morgan fingerprint density at radius 3 is 1.21 bits per heavy atom. The van der Waals surface area contributed by atoms with Gasteiger partial charge in [0.15, 0.2) is 0 Å². The molecule has 0 heterocycles. The molecule has 0 radical (unpaired) electrons. The SMILES string of the molecule is O=C=Nc1ccc(-c2ccccc2Sc2ccccc2-c2ccc(N=C=O)c(-c3ccccc3)c2)cc1-c1ccccc1. The summed E-state index contributed by atoms with van der Waals surface area (Å²) in [5, 5.41) is 0. The Hall–Kier alpha value is -5.57. The lowest BCUT2D eigenvalue weighted by Crippen LogP contribution is -1.88. The van der Waals surface area contributed by atoms with E-state index in [0.29, 0.717) is 11.4 Å². The average molecular weight is 573 g/mol. The maximum atomic E-state index is 11.2. The Kier molecular flexibility index (Phi) is 8.31. The van der Waals surface area contributed by atoms with Crippen molar-refractivity contribution in [2.75, 3.05) is 0 Å². The van der Waals surface area contributed by atoms with Gasteiger partial charge >= 0.3 is 0 Å². The minimum absolute atomic E-state index is 0.581. The summed E-state index contributed by atoms with van der Waals surface area (Å²) in [6.07, 6.45) is 3.38. The zero-order valence-corrected chi connectivity index (χ0v) is 23.8. The molecule has 6 aromatic carbocycles. The largest absolute Gasteiger partial charge is 0.240 e. The quantitative estimate of drug-likeness (QED) is 0.135. The van der Waals surface area contributed by atoms with Gasteiger partial charge in [0, 0.05) is 20.9 Å². The Bertz CT molecular complexity index is 1860. The first-order chi connectivity index (χ1) is 21.2. The van der Waals surface area contributed by atoms with E-state index >= 15 is 0 Å². The molecule has 0 N–H and O–H groups in total. The van der Waals surface area contributed by atoms with Crippen LogP contribution in [0, 0.1) is 0 Å². The lowest BCUT2D eigenvalue weighted by atomic mass is 9.97. The van der Waals surface area contributed by atoms with Gasteiger partial charge < -0.3 is 0 Å². The fourth-order valence-electron chi connectivity index (χ4n) is 5.11. The smallest absolute Gasteiger partial charge is 0.211 e. The molecule has 6 aromatic rings. The molecule has 0 bridgehead atoms. The van der Waals surface area contributed by atoms with Crippen molar-refractivity contribution in [2.45, 2.75) is 9.79 Å². The fraction of sp³-hybridized carbons (Fsp3) is 0. The monoisotopic (exact) mass is 572 g/mol. The molecule has 6 rings (SSSR count). The van der Waals surface area contributed by atoms with Crippen LogP contribution >= 0.6 is 11.8 Å². The molecule has 0 aromatic heterocycles. The standard InChI is InChI=1S/C38H24N2O2S/c41-25-39-35-21-19-29(23-33(35)27-11-3-1-4-12-27)31-15-7-9-17-37(31)43-38-18-10-8-16-32(38)30-20-22-36(40-26-42)34(24-30)28-13-5-2-6-14-28/h1-24H. The van der Waals surface area contributed by atoms with Gasteiger partial charge in [0.25, 0.3) is 0 Å². The van der Waals surface area contributed by atoms with E-state index in [4.69, 9.17) is 0 Å². The van der Waals surface area contributed by atoms with Gasteiger partial charge in [-0.2, -0.15) is 9.98 Å². The number of benzene rings is 6. The number of nitrogens with zero attached hydrogens (tertiary/aromatic N) is 2. The minimum Gasteiger partial charge on any atom is -0.211 e. The van der Waals surface area contributed by atoms with Crippen LogP contribution in [-0.2, 0) is 9.59 Å². The molecule has 0 atom stereocenters. The molecule has 0 aliphatic rings. The lowest BCUT2D eigenvalue weighted by Gasteiger charge is -2.15. The van der Waals surface area contributed by atoms with Gasteiger partial charge in [0.1, 0.15) is 0 Å². The number of hydrogen-bond acceptors (Lipinski definition) is 5. The van der Waals surface area contributed by atoms with Crippen LogP contribution in [0.4, 0.5) is 11.4 Å². The fourth-order valence-corrected chi connectivity index (χ4v) is 6.23. The molecule has 0 amide bonds. The second-order valence-corrected chi connectivity index (χ2v) is 10.8. The van der Waals surface area contributed by atoms with Crippen LogP contribution in [-0.4, -0.2) is 12.2 Å². The van der Waals surface area contributed by atoms with Crippen LogP contribution in [0.5, 0.6) is 0 Å². The van der Waals surface area contributed by atoms with Gasteiger partial charge in [-0.25, -0.2) is 9.59 Å². The minimum atomic E-state index is 0.581. The molecule has 0 saturated heterocycles. The third-order valence-corrected chi connectivity index (χ3v) is 8.26. The van der Waals surface area contributed by atoms with Crippen LogP contribution in [0.1, 0.15) is 0 Å². The Balaban J connectivity index is 1.42. The zero-order chi connectivity index (χ0) is 29.4. The van der Waals surface area contributed by atoms with E-state index in [-0.39, 0.29) is 0 Å². The summed E-state index contributed by atoms with van der Waals surface area (Å²) in [6.45, 7) is 0. The number of aliphatic imine (C=N–C) groups is 2. The first kappa shape index (κ1) is 27.6. The molecule has 0 aliphatic heterocycles. The van der Waals surface area contributed by atoms with E-state index in [1.807, 2.05) is 109 Å². The molecule has 5 heteroatoms. The number of carbonyl (C=O) groups excluding carboxylic acids is 2. The average Bonchev–Trinajstić information content (AvgIpc) is 3.07. The van der Waals surface area contributed by atoms with Crippen LogP contribution < -0.4 is 0 Å².